The predicted molar refractivity (Wildman–Crippen MR) is 105 cm³/mol. The number of carbonyl (C=O) groups is 1. The lowest BCUT2D eigenvalue weighted by Gasteiger charge is -2.36. The highest BCUT2D eigenvalue weighted by Gasteiger charge is 2.21. The van der Waals surface area contributed by atoms with Crippen molar-refractivity contribution in [3.63, 3.8) is 0 Å². The van der Waals surface area contributed by atoms with E-state index >= 15 is 0 Å². The van der Waals surface area contributed by atoms with Gasteiger partial charge in [0, 0.05) is 48.6 Å². The number of nitrogens with zero attached hydrogens (tertiary/aromatic N) is 4. The summed E-state index contributed by atoms with van der Waals surface area (Å²) in [4.78, 5) is 25.7. The van der Waals surface area contributed by atoms with Crippen LogP contribution in [0.25, 0.3) is 0 Å². The first-order valence-electron chi connectivity index (χ1n) is 8.84. The Kier molecular flexibility index (Phi) is 5.61. The zero-order valence-corrected chi connectivity index (χ0v) is 16.1. The summed E-state index contributed by atoms with van der Waals surface area (Å²) in [6, 6.07) is 9.69. The lowest BCUT2D eigenvalue weighted by molar-refractivity contribution is 0.0938. The summed E-state index contributed by atoms with van der Waals surface area (Å²) in [5.74, 6) is 0.453. The average molecular weight is 374 g/mol. The molecule has 1 aromatic carbocycles. The van der Waals surface area contributed by atoms with Gasteiger partial charge in [0.25, 0.3) is 5.91 Å². The maximum absolute atomic E-state index is 12.3. The van der Waals surface area contributed by atoms with Crippen LogP contribution in [-0.2, 0) is 0 Å². The molecule has 6 nitrogen and oxygen atoms in total. The molecule has 0 unspecified atom stereocenters. The van der Waals surface area contributed by atoms with Gasteiger partial charge in [0.1, 0.15) is 5.69 Å². The largest absolute Gasteiger partial charge is 0.368 e. The normalized spacial score (nSPS) is 14.7. The van der Waals surface area contributed by atoms with Crippen molar-refractivity contribution in [2.75, 3.05) is 36.0 Å². The van der Waals surface area contributed by atoms with Gasteiger partial charge < -0.3 is 15.1 Å². The molecule has 1 amide bonds. The van der Waals surface area contributed by atoms with Crippen molar-refractivity contribution in [3.05, 3.63) is 46.7 Å². The highest BCUT2D eigenvalue weighted by Crippen LogP contribution is 2.22. The molecule has 3 rings (SSSR count). The summed E-state index contributed by atoms with van der Waals surface area (Å²) in [5, 5.41) is 3.63. The molecular formula is C19H24ClN5O. The molecule has 1 aliphatic rings. The third-order valence-corrected chi connectivity index (χ3v) is 4.47. The molecule has 2 aromatic rings. The van der Waals surface area contributed by atoms with Crippen LogP contribution in [0.1, 0.15) is 30.0 Å². The Hall–Kier alpha value is -2.34. The second-order valence-corrected chi connectivity index (χ2v) is 7.21. The van der Waals surface area contributed by atoms with E-state index in [2.05, 4.69) is 31.2 Å². The molecule has 0 spiro atoms. The van der Waals surface area contributed by atoms with Crippen LogP contribution >= 0.6 is 11.6 Å². The lowest BCUT2D eigenvalue weighted by Crippen LogP contribution is -2.47. The Morgan fingerprint density at radius 2 is 1.81 bits per heavy atom. The topological polar surface area (TPSA) is 61.4 Å². The molecule has 1 N–H and O–H groups in total. The number of nitrogens with one attached hydrogen (secondary N) is 1. The Bertz CT molecular complexity index is 787. The van der Waals surface area contributed by atoms with Gasteiger partial charge in [0.05, 0.1) is 0 Å². The molecule has 0 bridgehead atoms. The first kappa shape index (κ1) is 18.5. The van der Waals surface area contributed by atoms with Crippen molar-refractivity contribution in [1.29, 1.82) is 0 Å². The number of benzene rings is 1. The molecule has 0 radical (unpaired) electrons. The van der Waals surface area contributed by atoms with Crippen molar-refractivity contribution < 1.29 is 4.79 Å². The number of anilines is 2. The summed E-state index contributed by atoms with van der Waals surface area (Å²) in [5.41, 5.74) is 2.33. The molecule has 2 heterocycles. The molecule has 1 aliphatic heterocycles. The Morgan fingerprint density at radius 3 is 2.46 bits per heavy atom. The SMILES string of the molecule is Cc1cc(C(=O)NC(C)C)nc(N2CCN(c3cccc(Cl)c3)CC2)n1. The van der Waals surface area contributed by atoms with Gasteiger partial charge in [-0.05, 0) is 45.0 Å². The third kappa shape index (κ3) is 4.43. The number of hydrogen-bond donors (Lipinski definition) is 1. The smallest absolute Gasteiger partial charge is 0.270 e. The number of amides is 1. The van der Waals surface area contributed by atoms with Gasteiger partial charge in [-0.15, -0.1) is 0 Å². The van der Waals surface area contributed by atoms with Gasteiger partial charge >= 0.3 is 0 Å². The zero-order chi connectivity index (χ0) is 18.7. The second kappa shape index (κ2) is 7.91. The van der Waals surface area contributed by atoms with Gasteiger partial charge in [-0.25, -0.2) is 9.97 Å². The summed E-state index contributed by atoms with van der Waals surface area (Å²) in [6.07, 6.45) is 0. The molecular weight excluding hydrogens is 350 g/mol. The molecule has 1 aromatic heterocycles. The number of aromatic nitrogens is 2. The highest BCUT2D eigenvalue weighted by molar-refractivity contribution is 6.30. The standard InChI is InChI=1S/C19H24ClN5O/c1-13(2)21-18(26)17-11-14(3)22-19(23-17)25-9-7-24(8-10-25)16-6-4-5-15(20)12-16/h4-6,11-13H,7-10H2,1-3H3,(H,21,26). The van der Waals surface area contributed by atoms with Crippen LogP contribution in [0.3, 0.4) is 0 Å². The van der Waals surface area contributed by atoms with E-state index in [1.54, 1.807) is 6.07 Å². The van der Waals surface area contributed by atoms with E-state index < -0.39 is 0 Å². The summed E-state index contributed by atoms with van der Waals surface area (Å²) >= 11 is 6.09. The maximum atomic E-state index is 12.3. The Morgan fingerprint density at radius 1 is 1.12 bits per heavy atom. The molecule has 7 heteroatoms. The fourth-order valence-electron chi connectivity index (χ4n) is 2.98. The first-order chi connectivity index (χ1) is 12.4. The van der Waals surface area contributed by atoms with E-state index in [4.69, 9.17) is 11.6 Å². The fourth-order valence-corrected chi connectivity index (χ4v) is 3.17. The fraction of sp³-hybridized carbons (Fsp3) is 0.421. The van der Waals surface area contributed by atoms with Crippen LogP contribution in [-0.4, -0.2) is 48.1 Å². The molecule has 138 valence electrons. The maximum Gasteiger partial charge on any atom is 0.270 e. The summed E-state index contributed by atoms with van der Waals surface area (Å²) in [6.45, 7) is 9.04. The van der Waals surface area contributed by atoms with E-state index in [1.807, 2.05) is 39.0 Å². The van der Waals surface area contributed by atoms with Crippen LogP contribution in [0.2, 0.25) is 5.02 Å². The van der Waals surface area contributed by atoms with E-state index in [9.17, 15) is 4.79 Å². The van der Waals surface area contributed by atoms with Gasteiger partial charge in [0.15, 0.2) is 0 Å². The minimum atomic E-state index is -0.163. The molecule has 1 fully saturated rings. The quantitative estimate of drug-likeness (QED) is 0.892. The predicted octanol–water partition coefficient (Wildman–Crippen LogP) is 2.90. The number of carbonyl (C=O) groups excluding carboxylic acids is 1. The van der Waals surface area contributed by atoms with Crippen LogP contribution in [0.4, 0.5) is 11.6 Å². The number of hydrogen-bond acceptors (Lipinski definition) is 5. The van der Waals surface area contributed by atoms with E-state index in [-0.39, 0.29) is 11.9 Å². The van der Waals surface area contributed by atoms with Crippen molar-refractivity contribution in [1.82, 2.24) is 15.3 Å². The van der Waals surface area contributed by atoms with Crippen LogP contribution in [0, 0.1) is 6.92 Å². The second-order valence-electron chi connectivity index (χ2n) is 6.78. The number of aryl methyl sites for hydroxylation is 1. The van der Waals surface area contributed by atoms with Crippen LogP contribution < -0.4 is 15.1 Å². The van der Waals surface area contributed by atoms with Crippen LogP contribution in [0.5, 0.6) is 0 Å². The summed E-state index contributed by atoms with van der Waals surface area (Å²) in [7, 11) is 0. The van der Waals surface area contributed by atoms with Crippen molar-refractivity contribution in [3.8, 4) is 0 Å². The van der Waals surface area contributed by atoms with Gasteiger partial charge in [0.2, 0.25) is 5.95 Å². The van der Waals surface area contributed by atoms with Crippen molar-refractivity contribution in [2.24, 2.45) is 0 Å². The minimum Gasteiger partial charge on any atom is -0.368 e. The Balaban J connectivity index is 1.71. The minimum absolute atomic E-state index is 0.0717. The van der Waals surface area contributed by atoms with Gasteiger partial charge in [-0.3, -0.25) is 4.79 Å². The summed E-state index contributed by atoms with van der Waals surface area (Å²) < 4.78 is 0. The first-order valence-corrected chi connectivity index (χ1v) is 9.22. The number of halogens is 1. The van der Waals surface area contributed by atoms with Crippen molar-refractivity contribution in [2.45, 2.75) is 26.8 Å². The van der Waals surface area contributed by atoms with Gasteiger partial charge in [-0.1, -0.05) is 17.7 Å². The Labute approximate surface area is 159 Å². The van der Waals surface area contributed by atoms with E-state index in [1.165, 1.54) is 0 Å². The lowest BCUT2D eigenvalue weighted by atomic mass is 10.2. The van der Waals surface area contributed by atoms with Crippen LogP contribution in [0.15, 0.2) is 30.3 Å². The third-order valence-electron chi connectivity index (χ3n) is 4.23. The number of piperazine rings is 1. The molecule has 26 heavy (non-hydrogen) atoms. The monoisotopic (exact) mass is 373 g/mol. The number of rotatable bonds is 4. The zero-order valence-electron chi connectivity index (χ0n) is 15.4. The van der Waals surface area contributed by atoms with E-state index in [0.29, 0.717) is 11.6 Å². The van der Waals surface area contributed by atoms with E-state index in [0.717, 1.165) is 42.6 Å². The van der Waals surface area contributed by atoms with Crippen molar-refractivity contribution >= 4 is 29.1 Å². The molecule has 0 atom stereocenters. The molecule has 0 aliphatic carbocycles. The average Bonchev–Trinajstić information content (AvgIpc) is 2.61. The van der Waals surface area contributed by atoms with Gasteiger partial charge in [-0.2, -0.15) is 0 Å². The molecule has 1 saturated heterocycles. The molecule has 0 saturated carbocycles. The highest BCUT2D eigenvalue weighted by atomic mass is 35.5.